The molecule has 1 fully saturated rings. The third-order valence-corrected chi connectivity index (χ3v) is 4.79. The number of terminal acetylenes is 1. The number of carbonyl (C=O) groups is 1. The molecule has 0 aliphatic carbocycles. The number of carbonyl (C=O) groups excluding carboxylic acids is 1. The summed E-state index contributed by atoms with van der Waals surface area (Å²) in [5.41, 5.74) is 1.83. The van der Waals surface area contributed by atoms with E-state index in [9.17, 15) is 10.1 Å². The largest absolute Gasteiger partial charge is 0.327 e. The van der Waals surface area contributed by atoms with Crippen molar-refractivity contribution in [3.8, 4) is 18.4 Å². The summed E-state index contributed by atoms with van der Waals surface area (Å²) in [6, 6.07) is 8.08. The van der Waals surface area contributed by atoms with E-state index in [1.807, 2.05) is 30.2 Å². The zero-order valence-electron chi connectivity index (χ0n) is 14.5. The fraction of sp³-hybridized carbons (Fsp3) is 0.474. The van der Waals surface area contributed by atoms with Gasteiger partial charge in [0.1, 0.15) is 5.54 Å². The van der Waals surface area contributed by atoms with Crippen LogP contribution in [0.15, 0.2) is 18.2 Å². The van der Waals surface area contributed by atoms with E-state index in [1.165, 1.54) is 0 Å². The molecule has 1 saturated heterocycles. The first-order valence-corrected chi connectivity index (χ1v) is 7.99. The van der Waals surface area contributed by atoms with Crippen LogP contribution in [0, 0.1) is 30.6 Å². The molecule has 0 bridgehead atoms. The Balaban J connectivity index is 2.16. The van der Waals surface area contributed by atoms with Gasteiger partial charge in [-0.3, -0.25) is 4.79 Å². The highest BCUT2D eigenvalue weighted by molar-refractivity contribution is 5.80. The molecule has 5 heteroatoms. The average Bonchev–Trinajstić information content (AvgIpc) is 2.61. The van der Waals surface area contributed by atoms with Gasteiger partial charge in [-0.15, -0.1) is 6.42 Å². The van der Waals surface area contributed by atoms with Crippen molar-refractivity contribution in [1.29, 1.82) is 5.26 Å². The van der Waals surface area contributed by atoms with E-state index < -0.39 is 5.54 Å². The van der Waals surface area contributed by atoms with Crippen LogP contribution >= 0.6 is 0 Å². The molecule has 126 valence electrons. The first kappa shape index (κ1) is 18.0. The van der Waals surface area contributed by atoms with Crippen LogP contribution in [0.1, 0.15) is 29.5 Å². The van der Waals surface area contributed by atoms with Gasteiger partial charge in [0.25, 0.3) is 0 Å². The van der Waals surface area contributed by atoms with Crippen LogP contribution < -0.4 is 0 Å². The monoisotopic (exact) mass is 325 g/mol. The molecular formula is C19H23N3O2. The summed E-state index contributed by atoms with van der Waals surface area (Å²) < 4.78 is 0. The summed E-state index contributed by atoms with van der Waals surface area (Å²) >= 11 is 0. The zero-order chi connectivity index (χ0) is 17.7. The molecule has 1 aliphatic rings. The number of rotatable bonds is 4. The highest BCUT2D eigenvalue weighted by Gasteiger charge is 2.41. The number of nitriles is 1. The molecule has 0 aromatic heterocycles. The first-order chi connectivity index (χ1) is 11.5. The van der Waals surface area contributed by atoms with Crippen LogP contribution in [-0.2, 0) is 16.1 Å². The molecule has 1 aliphatic heterocycles. The lowest BCUT2D eigenvalue weighted by atomic mass is 9.87. The molecule has 1 aromatic carbocycles. The number of piperidine rings is 1. The lowest BCUT2D eigenvalue weighted by Gasteiger charge is -2.42. The van der Waals surface area contributed by atoms with E-state index in [0.717, 1.165) is 16.7 Å². The van der Waals surface area contributed by atoms with E-state index in [-0.39, 0.29) is 12.3 Å². The fourth-order valence-corrected chi connectivity index (χ4v) is 3.09. The van der Waals surface area contributed by atoms with Crippen molar-refractivity contribution in [2.24, 2.45) is 0 Å². The van der Waals surface area contributed by atoms with Gasteiger partial charge in [0.15, 0.2) is 0 Å². The third-order valence-electron chi connectivity index (χ3n) is 4.79. The molecule has 1 heterocycles. The lowest BCUT2D eigenvalue weighted by Crippen LogP contribution is -2.55. The van der Waals surface area contributed by atoms with Gasteiger partial charge in [-0.05, 0) is 31.4 Å². The second-order valence-electron chi connectivity index (χ2n) is 6.19. The van der Waals surface area contributed by atoms with Crippen molar-refractivity contribution in [3.05, 3.63) is 34.9 Å². The molecule has 0 radical (unpaired) electrons. The van der Waals surface area contributed by atoms with Gasteiger partial charge < -0.3 is 9.74 Å². The molecule has 0 atom stereocenters. The van der Waals surface area contributed by atoms with Crippen LogP contribution in [0.2, 0.25) is 0 Å². The van der Waals surface area contributed by atoms with Gasteiger partial charge in [-0.2, -0.15) is 10.3 Å². The Labute approximate surface area is 143 Å². The minimum atomic E-state index is -0.785. The highest BCUT2D eigenvalue weighted by Crippen LogP contribution is 2.28. The SMILES string of the molecule is C#Cc1ccc(C)cc1CC(=O)N(C)C1(C#N)CCN(OC)CC1. The van der Waals surface area contributed by atoms with Crippen molar-refractivity contribution in [1.82, 2.24) is 9.96 Å². The van der Waals surface area contributed by atoms with Crippen molar-refractivity contribution in [3.63, 3.8) is 0 Å². The Morgan fingerprint density at radius 2 is 2.12 bits per heavy atom. The predicted octanol–water partition coefficient (Wildman–Crippen LogP) is 1.90. The Kier molecular flexibility index (Phi) is 5.62. The minimum Gasteiger partial charge on any atom is -0.327 e. The number of benzene rings is 1. The molecule has 24 heavy (non-hydrogen) atoms. The molecule has 5 nitrogen and oxygen atoms in total. The Hall–Kier alpha value is -2.34. The van der Waals surface area contributed by atoms with E-state index in [2.05, 4.69) is 12.0 Å². The minimum absolute atomic E-state index is 0.0930. The molecule has 2 rings (SSSR count). The van der Waals surface area contributed by atoms with Gasteiger partial charge in [0, 0.05) is 25.7 Å². The third kappa shape index (κ3) is 3.59. The second-order valence-corrected chi connectivity index (χ2v) is 6.19. The lowest BCUT2D eigenvalue weighted by molar-refractivity contribution is -0.161. The van der Waals surface area contributed by atoms with Crippen LogP contribution in [0.5, 0.6) is 0 Å². The summed E-state index contributed by atoms with van der Waals surface area (Å²) in [4.78, 5) is 19.6. The Morgan fingerprint density at radius 3 is 2.67 bits per heavy atom. The maximum absolute atomic E-state index is 12.8. The average molecular weight is 325 g/mol. The predicted molar refractivity (Wildman–Crippen MR) is 91.7 cm³/mol. The second kappa shape index (κ2) is 7.49. The number of aryl methyl sites for hydroxylation is 1. The Morgan fingerprint density at radius 1 is 1.46 bits per heavy atom. The van der Waals surface area contributed by atoms with Crippen molar-refractivity contribution >= 4 is 5.91 Å². The first-order valence-electron chi connectivity index (χ1n) is 7.99. The molecule has 1 aromatic rings. The summed E-state index contributed by atoms with van der Waals surface area (Å²) in [6.45, 7) is 3.22. The van der Waals surface area contributed by atoms with E-state index >= 15 is 0 Å². The summed E-state index contributed by atoms with van der Waals surface area (Å²) in [7, 11) is 3.33. The number of hydrogen-bond donors (Lipinski definition) is 0. The molecule has 0 unspecified atom stereocenters. The quantitative estimate of drug-likeness (QED) is 0.794. The smallest absolute Gasteiger partial charge is 0.228 e. The van der Waals surface area contributed by atoms with Crippen molar-refractivity contribution in [2.45, 2.75) is 31.7 Å². The molecule has 0 spiro atoms. The van der Waals surface area contributed by atoms with Gasteiger partial charge in [0.05, 0.1) is 19.6 Å². The van der Waals surface area contributed by atoms with Crippen LogP contribution in [-0.4, -0.2) is 48.7 Å². The van der Waals surface area contributed by atoms with Crippen LogP contribution in [0.4, 0.5) is 0 Å². The fourth-order valence-electron chi connectivity index (χ4n) is 3.09. The highest BCUT2D eigenvalue weighted by atomic mass is 16.7. The number of likely N-dealkylation sites (N-methyl/N-ethyl adjacent to an activating group) is 1. The summed E-state index contributed by atoms with van der Waals surface area (Å²) in [5.74, 6) is 2.53. The van der Waals surface area contributed by atoms with Gasteiger partial charge in [0.2, 0.25) is 5.91 Å². The number of hydrogen-bond acceptors (Lipinski definition) is 4. The van der Waals surface area contributed by atoms with Gasteiger partial charge >= 0.3 is 0 Å². The van der Waals surface area contributed by atoms with Crippen LogP contribution in [0.25, 0.3) is 0 Å². The van der Waals surface area contributed by atoms with E-state index in [0.29, 0.717) is 25.9 Å². The summed E-state index contributed by atoms with van der Waals surface area (Å²) in [6.07, 6.45) is 6.86. The molecule has 0 N–H and O–H groups in total. The molecule has 0 saturated carbocycles. The summed E-state index contributed by atoms with van der Waals surface area (Å²) in [5, 5.41) is 11.5. The normalized spacial score (nSPS) is 16.9. The van der Waals surface area contributed by atoms with Crippen molar-refractivity contribution < 1.29 is 9.63 Å². The van der Waals surface area contributed by atoms with Crippen molar-refractivity contribution in [2.75, 3.05) is 27.2 Å². The van der Waals surface area contributed by atoms with E-state index in [4.69, 9.17) is 11.3 Å². The zero-order valence-corrected chi connectivity index (χ0v) is 14.5. The number of hydroxylamine groups is 2. The van der Waals surface area contributed by atoms with Gasteiger partial charge in [-0.1, -0.05) is 23.6 Å². The van der Waals surface area contributed by atoms with E-state index in [1.54, 1.807) is 19.1 Å². The maximum atomic E-state index is 12.8. The van der Waals surface area contributed by atoms with Gasteiger partial charge in [-0.25, -0.2) is 0 Å². The Bertz CT molecular complexity index is 692. The molecule has 1 amide bonds. The van der Waals surface area contributed by atoms with Crippen LogP contribution in [0.3, 0.4) is 0 Å². The number of amides is 1. The number of nitrogens with zero attached hydrogens (tertiary/aromatic N) is 3. The topological polar surface area (TPSA) is 56.6 Å². The maximum Gasteiger partial charge on any atom is 0.228 e. The standard InChI is InChI=1S/C19H23N3O2/c1-5-16-7-6-15(2)12-17(16)13-18(23)21(3)19(14-20)8-10-22(24-4)11-9-19/h1,6-7,12H,8-11,13H2,2-4H3. The molecular weight excluding hydrogens is 302 g/mol.